The number of amides is 2. The molecule has 6 nitrogen and oxygen atoms in total. The maximum absolute atomic E-state index is 12.8. The number of ether oxygens (including phenoxy) is 1. The van der Waals surface area contributed by atoms with E-state index in [2.05, 4.69) is 5.32 Å². The second-order valence-corrected chi connectivity index (χ2v) is 6.57. The molecule has 26 heavy (non-hydrogen) atoms. The minimum absolute atomic E-state index is 0.0547. The van der Waals surface area contributed by atoms with E-state index < -0.39 is 12.0 Å². The van der Waals surface area contributed by atoms with Crippen molar-refractivity contribution in [1.82, 2.24) is 5.32 Å². The Kier molecular flexibility index (Phi) is 5.44. The van der Waals surface area contributed by atoms with Gasteiger partial charge in [-0.05, 0) is 36.8 Å². The first-order valence-corrected chi connectivity index (χ1v) is 8.67. The topological polar surface area (TPSA) is 84.7 Å². The maximum Gasteiger partial charge on any atom is 0.260 e. The zero-order valence-corrected chi connectivity index (χ0v) is 15.1. The van der Waals surface area contributed by atoms with Crippen LogP contribution in [-0.4, -0.2) is 31.0 Å². The molecule has 0 unspecified atom stereocenters. The van der Waals surface area contributed by atoms with Crippen molar-refractivity contribution < 1.29 is 14.3 Å². The Morgan fingerprint density at radius 3 is 2.81 bits per heavy atom. The number of rotatable bonds is 5. The van der Waals surface area contributed by atoms with Crippen LogP contribution in [0.3, 0.4) is 0 Å². The summed E-state index contributed by atoms with van der Waals surface area (Å²) in [5, 5.41) is 3.84. The average molecular weight is 374 g/mol. The molecule has 136 valence electrons. The SMILES string of the molecule is C[C@@H](NCC(=O)N1C[C@H](C(N)=O)Oc2ccccc21)c1cccc(Cl)c1. The van der Waals surface area contributed by atoms with Crippen molar-refractivity contribution in [3.05, 3.63) is 59.1 Å². The van der Waals surface area contributed by atoms with Crippen molar-refractivity contribution >= 4 is 29.1 Å². The molecule has 0 bridgehead atoms. The minimum Gasteiger partial charge on any atom is -0.477 e. The van der Waals surface area contributed by atoms with Gasteiger partial charge in [-0.25, -0.2) is 0 Å². The highest BCUT2D eigenvalue weighted by atomic mass is 35.5. The quantitative estimate of drug-likeness (QED) is 0.842. The number of nitrogens with one attached hydrogen (secondary N) is 1. The molecule has 0 saturated carbocycles. The standard InChI is InChI=1S/C19H20ClN3O3/c1-12(13-5-4-6-14(20)9-13)22-10-18(24)23-11-17(19(21)25)26-16-8-3-2-7-15(16)23/h2-9,12,17,22H,10-11H2,1H3,(H2,21,25)/t12-,17-/m1/s1. The molecule has 0 saturated heterocycles. The Hall–Kier alpha value is -2.57. The van der Waals surface area contributed by atoms with Gasteiger partial charge >= 0.3 is 0 Å². The predicted molar refractivity (Wildman–Crippen MR) is 100 cm³/mol. The number of primary amides is 1. The van der Waals surface area contributed by atoms with Gasteiger partial charge in [0.2, 0.25) is 5.91 Å². The van der Waals surface area contributed by atoms with Crippen LogP contribution in [0.15, 0.2) is 48.5 Å². The lowest BCUT2D eigenvalue weighted by atomic mass is 10.1. The Balaban J connectivity index is 1.71. The molecule has 7 heteroatoms. The number of para-hydroxylation sites is 2. The van der Waals surface area contributed by atoms with Gasteiger partial charge in [-0.15, -0.1) is 0 Å². The van der Waals surface area contributed by atoms with Crippen molar-refractivity contribution in [1.29, 1.82) is 0 Å². The molecule has 0 aliphatic carbocycles. The number of carbonyl (C=O) groups excluding carboxylic acids is 2. The Morgan fingerprint density at radius 2 is 2.08 bits per heavy atom. The van der Waals surface area contributed by atoms with Crippen LogP contribution in [0.2, 0.25) is 5.02 Å². The molecule has 3 N–H and O–H groups in total. The van der Waals surface area contributed by atoms with E-state index in [9.17, 15) is 9.59 Å². The van der Waals surface area contributed by atoms with Crippen molar-refractivity contribution in [3.63, 3.8) is 0 Å². The van der Waals surface area contributed by atoms with Crippen LogP contribution in [0.1, 0.15) is 18.5 Å². The number of anilines is 1. The zero-order valence-electron chi connectivity index (χ0n) is 14.3. The molecule has 2 atom stereocenters. The average Bonchev–Trinajstić information content (AvgIpc) is 2.64. The van der Waals surface area contributed by atoms with Crippen molar-refractivity contribution in [2.75, 3.05) is 18.0 Å². The van der Waals surface area contributed by atoms with Crippen LogP contribution in [-0.2, 0) is 9.59 Å². The summed E-state index contributed by atoms with van der Waals surface area (Å²) < 4.78 is 5.58. The Bertz CT molecular complexity index is 827. The smallest absolute Gasteiger partial charge is 0.260 e. The molecule has 0 aromatic heterocycles. The first-order valence-electron chi connectivity index (χ1n) is 8.30. The number of nitrogens with zero attached hydrogens (tertiary/aromatic N) is 1. The molecular formula is C19H20ClN3O3. The van der Waals surface area contributed by atoms with Crippen molar-refractivity contribution in [2.45, 2.75) is 19.1 Å². The van der Waals surface area contributed by atoms with Crippen LogP contribution in [0.4, 0.5) is 5.69 Å². The molecule has 0 radical (unpaired) electrons. The lowest BCUT2D eigenvalue weighted by molar-refractivity contribution is -0.125. The van der Waals surface area contributed by atoms with Crippen LogP contribution >= 0.6 is 11.6 Å². The third kappa shape index (κ3) is 3.98. The molecule has 2 amide bonds. The minimum atomic E-state index is -0.862. The fourth-order valence-electron chi connectivity index (χ4n) is 2.85. The van der Waals surface area contributed by atoms with Gasteiger partial charge in [-0.1, -0.05) is 35.9 Å². The summed E-state index contributed by atoms with van der Waals surface area (Å²) in [6, 6.07) is 14.5. The highest BCUT2D eigenvalue weighted by Gasteiger charge is 2.32. The first kappa shape index (κ1) is 18.2. The number of halogens is 1. The Morgan fingerprint density at radius 1 is 1.31 bits per heavy atom. The summed E-state index contributed by atoms with van der Waals surface area (Å²) >= 11 is 6.01. The number of benzene rings is 2. The molecule has 2 aromatic carbocycles. The summed E-state index contributed by atoms with van der Waals surface area (Å²) in [4.78, 5) is 25.8. The van der Waals surface area contributed by atoms with E-state index in [0.717, 1.165) is 5.56 Å². The molecule has 0 spiro atoms. The highest BCUT2D eigenvalue weighted by molar-refractivity contribution is 6.30. The molecule has 0 fully saturated rings. The predicted octanol–water partition coefficient (Wildman–Crippen LogP) is 2.27. The maximum atomic E-state index is 12.8. The van der Waals surface area contributed by atoms with Gasteiger partial charge in [0.25, 0.3) is 5.91 Å². The lowest BCUT2D eigenvalue weighted by Gasteiger charge is -2.33. The number of fused-ring (bicyclic) bond motifs is 1. The van der Waals surface area contributed by atoms with E-state index in [4.69, 9.17) is 22.1 Å². The highest BCUT2D eigenvalue weighted by Crippen LogP contribution is 2.33. The van der Waals surface area contributed by atoms with Gasteiger partial charge in [0, 0.05) is 11.1 Å². The van der Waals surface area contributed by atoms with Crippen LogP contribution in [0.25, 0.3) is 0 Å². The van der Waals surface area contributed by atoms with E-state index in [-0.39, 0.29) is 25.0 Å². The van der Waals surface area contributed by atoms with Gasteiger partial charge < -0.3 is 20.7 Å². The van der Waals surface area contributed by atoms with Crippen LogP contribution < -0.4 is 20.7 Å². The molecule has 1 aliphatic heterocycles. The third-order valence-corrected chi connectivity index (χ3v) is 4.54. The normalized spacial score (nSPS) is 17.2. The first-order chi connectivity index (χ1) is 12.5. The second kappa shape index (κ2) is 7.76. The van der Waals surface area contributed by atoms with E-state index in [1.165, 1.54) is 4.90 Å². The van der Waals surface area contributed by atoms with E-state index >= 15 is 0 Å². The summed E-state index contributed by atoms with van der Waals surface area (Å²) in [6.07, 6.45) is -0.862. The van der Waals surface area contributed by atoms with Gasteiger partial charge in [0.15, 0.2) is 6.10 Å². The molecule has 1 aliphatic rings. The summed E-state index contributed by atoms with van der Waals surface area (Å²) in [7, 11) is 0. The third-order valence-electron chi connectivity index (χ3n) is 4.30. The molecule has 3 rings (SSSR count). The molecule has 2 aromatic rings. The van der Waals surface area contributed by atoms with Gasteiger partial charge in [0.05, 0.1) is 18.8 Å². The van der Waals surface area contributed by atoms with Crippen molar-refractivity contribution in [2.24, 2.45) is 5.73 Å². The molecular weight excluding hydrogens is 354 g/mol. The largest absolute Gasteiger partial charge is 0.477 e. The van der Waals surface area contributed by atoms with E-state index in [0.29, 0.717) is 16.5 Å². The van der Waals surface area contributed by atoms with E-state index in [1.54, 1.807) is 24.3 Å². The van der Waals surface area contributed by atoms with Gasteiger partial charge in [-0.3, -0.25) is 9.59 Å². The van der Waals surface area contributed by atoms with Gasteiger partial charge in [0.1, 0.15) is 5.75 Å². The van der Waals surface area contributed by atoms with E-state index in [1.807, 2.05) is 31.2 Å². The number of carbonyl (C=O) groups is 2. The number of hydrogen-bond acceptors (Lipinski definition) is 4. The summed E-state index contributed by atoms with van der Waals surface area (Å²) in [6.45, 7) is 2.16. The van der Waals surface area contributed by atoms with Crippen LogP contribution in [0.5, 0.6) is 5.75 Å². The zero-order chi connectivity index (χ0) is 18.7. The fourth-order valence-corrected chi connectivity index (χ4v) is 3.05. The summed E-state index contributed by atoms with van der Waals surface area (Å²) in [5.74, 6) is -0.294. The Labute approximate surface area is 156 Å². The lowest BCUT2D eigenvalue weighted by Crippen LogP contribution is -2.51. The number of hydrogen-bond donors (Lipinski definition) is 2. The second-order valence-electron chi connectivity index (χ2n) is 6.14. The number of nitrogens with two attached hydrogens (primary N) is 1. The van der Waals surface area contributed by atoms with Crippen molar-refractivity contribution in [3.8, 4) is 5.75 Å². The fraction of sp³-hybridized carbons (Fsp3) is 0.263. The summed E-state index contributed by atoms with van der Waals surface area (Å²) in [5.41, 5.74) is 6.99. The van der Waals surface area contributed by atoms with Gasteiger partial charge in [-0.2, -0.15) is 0 Å². The monoisotopic (exact) mass is 373 g/mol. The van der Waals surface area contributed by atoms with Crippen LogP contribution in [0, 0.1) is 0 Å². The molecule has 1 heterocycles.